The van der Waals surface area contributed by atoms with Gasteiger partial charge < -0.3 is 20.3 Å². The minimum Gasteiger partial charge on any atom is -0.373 e. The summed E-state index contributed by atoms with van der Waals surface area (Å²) in [6.45, 7) is 3.98. The van der Waals surface area contributed by atoms with Crippen molar-refractivity contribution in [3.05, 3.63) is 35.1 Å². The molecular weight excluding hydrogens is 446 g/mol. The number of aliphatic imine (C=N–C) groups is 1. The molecule has 2 saturated heterocycles. The topological polar surface area (TPSA) is 48.9 Å². The van der Waals surface area contributed by atoms with Crippen molar-refractivity contribution in [2.45, 2.75) is 57.5 Å². The molecule has 146 valence electrons. The van der Waals surface area contributed by atoms with Crippen LogP contribution in [0, 0.1) is 5.82 Å². The first-order valence-electron chi connectivity index (χ1n) is 9.17. The summed E-state index contributed by atoms with van der Waals surface area (Å²) < 4.78 is 19.8. The second kappa shape index (κ2) is 9.85. The zero-order valence-electron chi connectivity index (χ0n) is 15.8. The summed E-state index contributed by atoms with van der Waals surface area (Å²) in [7, 11) is 3.88. The SMILES string of the molecule is CCNC(=NCc1ccc(F)c(CN(C)C)c1)NC1CC2CCC1O2.I. The predicted octanol–water partition coefficient (Wildman–Crippen LogP) is 2.88. The van der Waals surface area contributed by atoms with E-state index >= 15 is 0 Å². The van der Waals surface area contributed by atoms with Crippen molar-refractivity contribution in [1.29, 1.82) is 0 Å². The molecule has 2 aliphatic heterocycles. The van der Waals surface area contributed by atoms with E-state index in [1.807, 2.05) is 31.1 Å². The highest BCUT2D eigenvalue weighted by atomic mass is 127. The Morgan fingerprint density at radius 2 is 2.15 bits per heavy atom. The van der Waals surface area contributed by atoms with Crippen molar-refractivity contribution >= 4 is 29.9 Å². The second-order valence-electron chi connectivity index (χ2n) is 7.22. The highest BCUT2D eigenvalue weighted by molar-refractivity contribution is 14.0. The van der Waals surface area contributed by atoms with Crippen molar-refractivity contribution in [3.63, 3.8) is 0 Å². The quantitative estimate of drug-likeness (QED) is 0.377. The lowest BCUT2D eigenvalue weighted by atomic mass is 9.96. The van der Waals surface area contributed by atoms with E-state index in [9.17, 15) is 4.39 Å². The van der Waals surface area contributed by atoms with Crippen LogP contribution in [0.1, 0.15) is 37.3 Å². The number of hydrogen-bond donors (Lipinski definition) is 2. The fourth-order valence-corrected chi connectivity index (χ4v) is 3.64. The Balaban J connectivity index is 0.00000243. The Hall–Kier alpha value is -0.930. The second-order valence-corrected chi connectivity index (χ2v) is 7.22. The van der Waals surface area contributed by atoms with Gasteiger partial charge in [0.05, 0.1) is 24.8 Å². The predicted molar refractivity (Wildman–Crippen MR) is 113 cm³/mol. The highest BCUT2D eigenvalue weighted by Gasteiger charge is 2.41. The lowest BCUT2D eigenvalue weighted by Crippen LogP contribution is -2.47. The van der Waals surface area contributed by atoms with Crippen LogP contribution in [0.4, 0.5) is 4.39 Å². The molecule has 3 rings (SSSR count). The molecule has 5 nitrogen and oxygen atoms in total. The van der Waals surface area contributed by atoms with Gasteiger partial charge in [0.1, 0.15) is 5.82 Å². The van der Waals surface area contributed by atoms with E-state index in [4.69, 9.17) is 4.74 Å². The Labute approximate surface area is 172 Å². The molecular formula is C19H30FIN4O. The van der Waals surface area contributed by atoms with Crippen molar-refractivity contribution in [3.8, 4) is 0 Å². The van der Waals surface area contributed by atoms with E-state index in [0.717, 1.165) is 30.9 Å². The van der Waals surface area contributed by atoms with E-state index in [1.165, 1.54) is 12.5 Å². The van der Waals surface area contributed by atoms with Gasteiger partial charge in [-0.25, -0.2) is 9.38 Å². The van der Waals surface area contributed by atoms with Gasteiger partial charge in [-0.2, -0.15) is 0 Å². The lowest BCUT2D eigenvalue weighted by Gasteiger charge is -2.22. The van der Waals surface area contributed by atoms with Crippen LogP contribution in [-0.4, -0.2) is 49.7 Å². The lowest BCUT2D eigenvalue weighted by molar-refractivity contribution is 0.0992. The van der Waals surface area contributed by atoms with Crippen molar-refractivity contribution in [2.24, 2.45) is 4.99 Å². The Kier molecular flexibility index (Phi) is 8.09. The number of fused-ring (bicyclic) bond motifs is 2. The maximum Gasteiger partial charge on any atom is 0.191 e. The van der Waals surface area contributed by atoms with Crippen LogP contribution in [0.25, 0.3) is 0 Å². The highest BCUT2D eigenvalue weighted by Crippen LogP contribution is 2.34. The van der Waals surface area contributed by atoms with Crippen LogP contribution in [0.5, 0.6) is 0 Å². The van der Waals surface area contributed by atoms with Crippen LogP contribution in [-0.2, 0) is 17.8 Å². The molecule has 0 radical (unpaired) electrons. The number of nitrogens with one attached hydrogen (secondary N) is 2. The van der Waals surface area contributed by atoms with Gasteiger partial charge >= 0.3 is 0 Å². The maximum atomic E-state index is 13.9. The molecule has 26 heavy (non-hydrogen) atoms. The summed E-state index contributed by atoms with van der Waals surface area (Å²) in [6.07, 6.45) is 4.09. The molecule has 3 atom stereocenters. The summed E-state index contributed by atoms with van der Waals surface area (Å²) in [5.74, 6) is 0.646. The largest absolute Gasteiger partial charge is 0.373 e. The third-order valence-corrected chi connectivity index (χ3v) is 4.79. The van der Waals surface area contributed by atoms with Crippen LogP contribution < -0.4 is 10.6 Å². The van der Waals surface area contributed by atoms with E-state index in [-0.39, 0.29) is 29.8 Å². The average Bonchev–Trinajstić information content (AvgIpc) is 3.18. The molecule has 1 aromatic carbocycles. The van der Waals surface area contributed by atoms with E-state index in [1.54, 1.807) is 0 Å². The monoisotopic (exact) mass is 476 g/mol. The van der Waals surface area contributed by atoms with Crippen molar-refractivity contribution < 1.29 is 9.13 Å². The normalized spacial score (nSPS) is 24.7. The first-order valence-corrected chi connectivity index (χ1v) is 9.17. The van der Waals surface area contributed by atoms with Gasteiger partial charge in [-0.1, -0.05) is 6.07 Å². The molecule has 3 unspecified atom stereocenters. The number of rotatable bonds is 6. The van der Waals surface area contributed by atoms with Gasteiger partial charge in [-0.15, -0.1) is 24.0 Å². The molecule has 2 fully saturated rings. The molecule has 0 aromatic heterocycles. The number of benzene rings is 1. The number of hydrogen-bond acceptors (Lipinski definition) is 3. The standard InChI is InChI=1S/C19H29FN4O.HI/c1-4-21-19(23-17-10-15-6-8-18(17)25-15)22-11-13-5-7-16(20)14(9-13)12-24(2)3;/h5,7,9,15,17-18H,4,6,8,10-12H2,1-3H3,(H2,21,22,23);1H. The fraction of sp³-hybridized carbons (Fsp3) is 0.632. The molecule has 0 saturated carbocycles. The van der Waals surface area contributed by atoms with Crippen molar-refractivity contribution in [1.82, 2.24) is 15.5 Å². The van der Waals surface area contributed by atoms with E-state index in [2.05, 4.69) is 22.5 Å². The zero-order valence-corrected chi connectivity index (χ0v) is 18.1. The van der Waals surface area contributed by atoms with E-state index in [0.29, 0.717) is 36.9 Å². The molecule has 2 aliphatic rings. The summed E-state index contributed by atoms with van der Waals surface area (Å²) in [4.78, 5) is 6.65. The maximum absolute atomic E-state index is 13.9. The zero-order chi connectivity index (χ0) is 17.8. The summed E-state index contributed by atoms with van der Waals surface area (Å²) in [5, 5.41) is 6.81. The third-order valence-electron chi connectivity index (χ3n) is 4.79. The number of halogens is 2. The number of nitrogens with zero attached hydrogens (tertiary/aromatic N) is 2. The van der Waals surface area contributed by atoms with Crippen molar-refractivity contribution in [2.75, 3.05) is 20.6 Å². The summed E-state index contributed by atoms with van der Waals surface area (Å²) >= 11 is 0. The molecule has 0 spiro atoms. The van der Waals surface area contributed by atoms with Crippen LogP contribution >= 0.6 is 24.0 Å². The summed E-state index contributed by atoms with van der Waals surface area (Å²) in [5.41, 5.74) is 1.72. The van der Waals surface area contributed by atoms with Gasteiger partial charge in [0, 0.05) is 18.7 Å². The number of guanidine groups is 1. The first kappa shape index (κ1) is 21.4. The van der Waals surface area contributed by atoms with Gasteiger partial charge in [0.15, 0.2) is 5.96 Å². The number of ether oxygens (including phenoxy) is 1. The van der Waals surface area contributed by atoms with Crippen LogP contribution in [0.3, 0.4) is 0 Å². The Morgan fingerprint density at radius 3 is 2.77 bits per heavy atom. The minimum atomic E-state index is -0.161. The minimum absolute atomic E-state index is 0. The molecule has 2 heterocycles. The Morgan fingerprint density at radius 1 is 1.35 bits per heavy atom. The molecule has 2 N–H and O–H groups in total. The third kappa shape index (κ3) is 5.53. The van der Waals surface area contributed by atoms with Gasteiger partial charge in [-0.3, -0.25) is 0 Å². The molecule has 1 aromatic rings. The van der Waals surface area contributed by atoms with Crippen LogP contribution in [0.2, 0.25) is 0 Å². The molecule has 2 bridgehead atoms. The first-order chi connectivity index (χ1) is 12.0. The van der Waals surface area contributed by atoms with Gasteiger partial charge in [0.25, 0.3) is 0 Å². The molecule has 0 amide bonds. The molecule has 7 heteroatoms. The molecule has 0 aliphatic carbocycles. The summed E-state index contributed by atoms with van der Waals surface area (Å²) in [6, 6.07) is 5.59. The fourth-order valence-electron chi connectivity index (χ4n) is 3.64. The van der Waals surface area contributed by atoms with Gasteiger partial charge in [0.2, 0.25) is 0 Å². The van der Waals surface area contributed by atoms with Gasteiger partial charge in [-0.05, 0) is 58.0 Å². The average molecular weight is 476 g/mol. The van der Waals surface area contributed by atoms with E-state index < -0.39 is 0 Å². The van der Waals surface area contributed by atoms with Crippen LogP contribution in [0.15, 0.2) is 23.2 Å². The smallest absolute Gasteiger partial charge is 0.191 e. The Bertz CT molecular complexity index is 626.